The molecule has 0 fully saturated rings. The van der Waals surface area contributed by atoms with Gasteiger partial charge in [0, 0.05) is 0 Å². The second-order valence-corrected chi connectivity index (χ2v) is 8.22. The van der Waals surface area contributed by atoms with Crippen LogP contribution in [-0.2, 0) is 27.1 Å². The molecule has 204 valence electrons. The van der Waals surface area contributed by atoms with Gasteiger partial charge in [-0.25, -0.2) is 4.79 Å². The molecule has 0 spiro atoms. The van der Waals surface area contributed by atoms with Gasteiger partial charge in [-0.05, 0) is 48.0 Å². The lowest BCUT2D eigenvalue weighted by Crippen LogP contribution is -2.41. The highest BCUT2D eigenvalue weighted by atomic mass is 19.4. The van der Waals surface area contributed by atoms with E-state index in [4.69, 9.17) is 18.9 Å². The number of ether oxygens (including phenoxy) is 4. The van der Waals surface area contributed by atoms with Gasteiger partial charge in [0.1, 0.15) is 37.0 Å². The third kappa shape index (κ3) is 7.63. The zero-order valence-corrected chi connectivity index (χ0v) is 20.4. The first-order chi connectivity index (χ1) is 18.7. The fraction of sp³-hybridized carbons (Fsp3) is 0.222. The summed E-state index contributed by atoms with van der Waals surface area (Å²) in [5.41, 5.74) is 0.369. The van der Waals surface area contributed by atoms with Crippen molar-refractivity contribution in [2.24, 2.45) is 0 Å². The Balaban J connectivity index is 1.16. The summed E-state index contributed by atoms with van der Waals surface area (Å²) < 4.78 is 59.2. The number of anilines is 1. The van der Waals surface area contributed by atoms with Crippen LogP contribution in [0.25, 0.3) is 0 Å². The van der Waals surface area contributed by atoms with Crippen LogP contribution in [-0.4, -0.2) is 44.3 Å². The number of rotatable bonds is 9. The number of benzene rings is 3. The molecule has 39 heavy (non-hydrogen) atoms. The first kappa shape index (κ1) is 27.3. The maximum Gasteiger partial charge on any atom is 0.416 e. The molecular formula is C27H23F3N2O7. The van der Waals surface area contributed by atoms with Crippen LogP contribution in [0.4, 0.5) is 23.7 Å². The van der Waals surface area contributed by atoms with E-state index in [9.17, 15) is 27.6 Å². The van der Waals surface area contributed by atoms with E-state index in [1.165, 1.54) is 6.07 Å². The number of hydrogen-bond donors (Lipinski definition) is 1. The van der Waals surface area contributed by atoms with E-state index in [0.717, 1.165) is 12.1 Å². The number of fused-ring (bicyclic) bond motifs is 1. The van der Waals surface area contributed by atoms with E-state index in [2.05, 4.69) is 5.32 Å². The number of carbonyl (C=O) groups excluding carboxylic acids is 3. The molecule has 0 saturated carbocycles. The molecule has 0 aromatic heterocycles. The first-order valence-corrected chi connectivity index (χ1v) is 11.7. The molecule has 1 aliphatic heterocycles. The molecule has 0 aliphatic carbocycles. The summed E-state index contributed by atoms with van der Waals surface area (Å²) in [5.74, 6) is -0.0594. The molecule has 0 atom stereocenters. The van der Waals surface area contributed by atoms with Crippen molar-refractivity contribution in [2.75, 3.05) is 31.2 Å². The molecule has 9 nitrogen and oxygen atoms in total. The number of hydrogen-bond acceptors (Lipinski definition) is 7. The molecule has 0 bridgehead atoms. The van der Waals surface area contributed by atoms with E-state index in [-0.39, 0.29) is 31.5 Å². The quantitative estimate of drug-likeness (QED) is 0.400. The van der Waals surface area contributed by atoms with Gasteiger partial charge in [-0.1, -0.05) is 30.3 Å². The van der Waals surface area contributed by atoms with Crippen molar-refractivity contribution >= 4 is 23.7 Å². The molecule has 4 rings (SSSR count). The van der Waals surface area contributed by atoms with E-state index >= 15 is 0 Å². The smallest absolute Gasteiger partial charge is 0.416 e. The average molecular weight is 544 g/mol. The van der Waals surface area contributed by atoms with E-state index < -0.39 is 30.3 Å². The van der Waals surface area contributed by atoms with Gasteiger partial charge in [0.2, 0.25) is 0 Å². The Labute approximate surface area is 221 Å². The van der Waals surface area contributed by atoms with Crippen LogP contribution in [0.2, 0.25) is 0 Å². The summed E-state index contributed by atoms with van der Waals surface area (Å²) in [6, 6.07) is 17.8. The van der Waals surface area contributed by atoms with E-state index in [0.29, 0.717) is 35.4 Å². The predicted molar refractivity (Wildman–Crippen MR) is 131 cm³/mol. The van der Waals surface area contributed by atoms with Crippen LogP contribution in [0.1, 0.15) is 11.1 Å². The van der Waals surface area contributed by atoms with Crippen molar-refractivity contribution in [2.45, 2.75) is 12.8 Å². The summed E-state index contributed by atoms with van der Waals surface area (Å²) in [7, 11) is 0. The molecule has 1 aliphatic rings. The second-order valence-electron chi connectivity index (χ2n) is 8.22. The highest BCUT2D eigenvalue weighted by Gasteiger charge is 2.31. The molecule has 0 saturated heterocycles. The predicted octanol–water partition coefficient (Wildman–Crippen LogP) is 4.34. The zero-order valence-electron chi connectivity index (χ0n) is 20.4. The van der Waals surface area contributed by atoms with Crippen LogP contribution >= 0.6 is 0 Å². The highest BCUT2D eigenvalue weighted by molar-refractivity contribution is 5.97. The number of carbonyl (C=O) groups is 3. The lowest BCUT2D eigenvalue weighted by atomic mass is 10.2. The number of para-hydroxylation sites is 2. The third-order valence-electron chi connectivity index (χ3n) is 5.46. The molecule has 2 amide bonds. The van der Waals surface area contributed by atoms with Crippen molar-refractivity contribution in [1.29, 1.82) is 0 Å². The van der Waals surface area contributed by atoms with Crippen molar-refractivity contribution in [3.63, 3.8) is 0 Å². The Bertz CT molecular complexity index is 1330. The number of halogens is 3. The van der Waals surface area contributed by atoms with Gasteiger partial charge < -0.3 is 29.2 Å². The normalized spacial score (nSPS) is 12.7. The standard InChI is InChI=1S/C27H23F3N2O7/c28-27(29,30)19-4-3-5-21(14-19)39-26(35)31-15-25(34)38-16-18-8-10-20(11-9-18)36-13-12-32-22-6-1-2-7-23(22)37-17-24(32)33/h1-11,14H,12-13,15-17H2,(H,31,35). The van der Waals surface area contributed by atoms with Gasteiger partial charge in [0.05, 0.1) is 17.8 Å². The Hall–Kier alpha value is -4.74. The summed E-state index contributed by atoms with van der Waals surface area (Å²) >= 11 is 0. The van der Waals surface area contributed by atoms with Crippen LogP contribution in [0.5, 0.6) is 17.2 Å². The molecule has 0 radical (unpaired) electrons. The summed E-state index contributed by atoms with van der Waals surface area (Å²) in [5, 5.41) is 2.12. The highest BCUT2D eigenvalue weighted by Crippen LogP contribution is 2.32. The minimum Gasteiger partial charge on any atom is -0.492 e. The molecule has 3 aromatic carbocycles. The lowest BCUT2D eigenvalue weighted by molar-refractivity contribution is -0.143. The molecule has 1 N–H and O–H groups in total. The minimum absolute atomic E-state index is 0.0308. The van der Waals surface area contributed by atoms with Crippen molar-refractivity contribution in [3.05, 3.63) is 83.9 Å². The Kier molecular flexibility index (Phi) is 8.54. The number of alkyl halides is 3. The minimum atomic E-state index is -4.58. The Morgan fingerprint density at radius 3 is 2.51 bits per heavy atom. The molecule has 1 heterocycles. The van der Waals surface area contributed by atoms with Crippen LogP contribution in [0.3, 0.4) is 0 Å². The maximum absolute atomic E-state index is 12.7. The van der Waals surface area contributed by atoms with Crippen LogP contribution < -0.4 is 24.4 Å². The largest absolute Gasteiger partial charge is 0.492 e. The Morgan fingerprint density at radius 2 is 1.74 bits per heavy atom. The van der Waals surface area contributed by atoms with Crippen molar-refractivity contribution < 1.29 is 46.5 Å². The molecule has 3 aromatic rings. The molecule has 12 heteroatoms. The Morgan fingerprint density at radius 1 is 0.974 bits per heavy atom. The number of esters is 1. The number of nitrogens with one attached hydrogen (secondary N) is 1. The molecule has 0 unspecified atom stereocenters. The van der Waals surface area contributed by atoms with Crippen molar-refractivity contribution in [1.82, 2.24) is 5.32 Å². The third-order valence-corrected chi connectivity index (χ3v) is 5.46. The summed E-state index contributed by atoms with van der Waals surface area (Å²) in [4.78, 5) is 37.5. The fourth-order valence-electron chi connectivity index (χ4n) is 3.57. The SMILES string of the molecule is O=C(CNC(=O)Oc1cccc(C(F)(F)F)c1)OCc1ccc(OCCN2C(=O)COc3ccccc32)cc1. The van der Waals surface area contributed by atoms with Gasteiger partial charge in [0.15, 0.2) is 6.61 Å². The number of amides is 2. The van der Waals surface area contributed by atoms with Crippen molar-refractivity contribution in [3.8, 4) is 17.2 Å². The first-order valence-electron chi connectivity index (χ1n) is 11.7. The van der Waals surface area contributed by atoms with Gasteiger partial charge in [0.25, 0.3) is 5.91 Å². The van der Waals surface area contributed by atoms with Gasteiger partial charge in [-0.15, -0.1) is 0 Å². The fourth-order valence-corrected chi connectivity index (χ4v) is 3.57. The lowest BCUT2D eigenvalue weighted by Gasteiger charge is -2.29. The average Bonchev–Trinajstić information content (AvgIpc) is 2.92. The van der Waals surface area contributed by atoms with E-state index in [1.807, 2.05) is 12.1 Å². The van der Waals surface area contributed by atoms with Crippen LogP contribution in [0.15, 0.2) is 72.8 Å². The maximum atomic E-state index is 12.7. The van der Waals surface area contributed by atoms with E-state index in [1.54, 1.807) is 41.3 Å². The van der Waals surface area contributed by atoms with Gasteiger partial charge >= 0.3 is 18.2 Å². The summed E-state index contributed by atoms with van der Waals surface area (Å²) in [6.07, 6.45) is -5.68. The molecular weight excluding hydrogens is 521 g/mol. The number of nitrogens with zero attached hydrogens (tertiary/aromatic N) is 1. The van der Waals surface area contributed by atoms with Gasteiger partial charge in [-0.2, -0.15) is 13.2 Å². The monoisotopic (exact) mass is 544 g/mol. The van der Waals surface area contributed by atoms with Crippen LogP contribution in [0, 0.1) is 0 Å². The summed E-state index contributed by atoms with van der Waals surface area (Å²) in [6.45, 7) is -0.0691. The zero-order chi connectivity index (χ0) is 27.8. The van der Waals surface area contributed by atoms with Gasteiger partial charge in [-0.3, -0.25) is 9.59 Å². The topological polar surface area (TPSA) is 103 Å². The second kappa shape index (κ2) is 12.2.